The largest absolute Gasteiger partial charge is 0.490 e. The summed E-state index contributed by atoms with van der Waals surface area (Å²) in [7, 11) is 0. The lowest BCUT2D eigenvalue weighted by Crippen LogP contribution is -2.52. The molecule has 1 aliphatic rings. The maximum absolute atomic E-state index is 12.4. The van der Waals surface area contributed by atoms with Crippen molar-refractivity contribution >= 4 is 11.8 Å². The van der Waals surface area contributed by atoms with Crippen LogP contribution in [0, 0.1) is 0 Å². The zero-order valence-corrected chi connectivity index (χ0v) is 12.0. The average Bonchev–Trinajstić information content (AvgIpc) is 2.42. The number of pyridine rings is 1. The molecule has 1 unspecified atom stereocenters. The quantitative estimate of drug-likeness (QED) is 0.787. The Bertz CT molecular complexity index is 577. The van der Waals surface area contributed by atoms with Gasteiger partial charge < -0.3 is 9.47 Å². The highest BCUT2D eigenvalue weighted by molar-refractivity contribution is 6.12. The summed E-state index contributed by atoms with van der Waals surface area (Å²) in [5.41, 5.74) is -0.700. The Morgan fingerprint density at radius 2 is 2.05 bits per heavy atom. The minimum atomic E-state index is -1.53. The molecule has 0 saturated carbocycles. The van der Waals surface area contributed by atoms with Gasteiger partial charge in [-0.3, -0.25) is 14.6 Å². The van der Waals surface area contributed by atoms with Crippen LogP contribution in [-0.4, -0.2) is 22.8 Å². The molecular weight excluding hydrogens is 258 g/mol. The Hall–Kier alpha value is -2.17. The number of Topliss-reactive ketones (excluding diaryl/α,β-unsaturated/α-hetero) is 1. The van der Waals surface area contributed by atoms with Gasteiger partial charge in [-0.2, -0.15) is 0 Å². The van der Waals surface area contributed by atoms with Gasteiger partial charge in [-0.25, -0.2) is 0 Å². The van der Waals surface area contributed by atoms with Crippen LogP contribution < -0.4 is 0 Å². The Morgan fingerprint density at radius 1 is 1.35 bits per heavy atom. The van der Waals surface area contributed by atoms with Gasteiger partial charge in [0.1, 0.15) is 0 Å². The van der Waals surface area contributed by atoms with Gasteiger partial charge in [0.15, 0.2) is 5.76 Å². The summed E-state index contributed by atoms with van der Waals surface area (Å²) < 4.78 is 11.0. The Balaban J connectivity index is 2.54. The Kier molecular flexibility index (Phi) is 3.61. The van der Waals surface area contributed by atoms with Gasteiger partial charge in [-0.1, -0.05) is 6.07 Å². The van der Waals surface area contributed by atoms with Gasteiger partial charge in [-0.05, 0) is 32.9 Å². The summed E-state index contributed by atoms with van der Waals surface area (Å²) in [4.78, 5) is 27.9. The first-order valence-electron chi connectivity index (χ1n) is 6.43. The molecule has 5 heteroatoms. The number of hydrogen-bond acceptors (Lipinski definition) is 5. The average molecular weight is 275 g/mol. The fraction of sp³-hybridized carbons (Fsp3) is 0.400. The van der Waals surface area contributed by atoms with Crippen LogP contribution in [0.3, 0.4) is 0 Å². The van der Waals surface area contributed by atoms with E-state index >= 15 is 0 Å². The smallest absolute Gasteiger partial charge is 0.304 e. The standard InChI is InChI=1S/C15H17NO4/c1-9(2)19-14-10(3)13(18)15(14,20-11(4)17)12-7-5-6-8-16-12/h5-9H,1-4H3. The minimum absolute atomic E-state index is 0.133. The lowest BCUT2D eigenvalue weighted by molar-refractivity contribution is -0.172. The van der Waals surface area contributed by atoms with Gasteiger partial charge in [0.05, 0.1) is 11.8 Å². The van der Waals surface area contributed by atoms with Crippen molar-refractivity contribution in [1.29, 1.82) is 0 Å². The summed E-state index contributed by atoms with van der Waals surface area (Å²) in [5, 5.41) is 0. The van der Waals surface area contributed by atoms with E-state index in [0.29, 0.717) is 17.0 Å². The molecule has 0 aliphatic heterocycles. The van der Waals surface area contributed by atoms with E-state index < -0.39 is 11.6 Å². The van der Waals surface area contributed by atoms with Crippen molar-refractivity contribution < 1.29 is 19.1 Å². The summed E-state index contributed by atoms with van der Waals surface area (Å²) in [6, 6.07) is 5.12. The first-order valence-corrected chi connectivity index (χ1v) is 6.43. The molecule has 0 saturated heterocycles. The van der Waals surface area contributed by atoms with E-state index in [9.17, 15) is 9.59 Å². The number of ether oxygens (including phenoxy) is 2. The highest BCUT2D eigenvalue weighted by Gasteiger charge is 2.60. The van der Waals surface area contributed by atoms with Crippen LogP contribution in [0.2, 0.25) is 0 Å². The molecule has 1 aromatic heterocycles. The number of carbonyl (C=O) groups is 2. The second kappa shape index (κ2) is 5.07. The van der Waals surface area contributed by atoms with Crippen LogP contribution in [0.15, 0.2) is 35.7 Å². The molecule has 0 N–H and O–H groups in total. The number of rotatable bonds is 4. The number of carbonyl (C=O) groups excluding carboxylic acids is 2. The van der Waals surface area contributed by atoms with Crippen molar-refractivity contribution in [3.63, 3.8) is 0 Å². The third-order valence-electron chi connectivity index (χ3n) is 3.00. The highest BCUT2D eigenvalue weighted by atomic mass is 16.6. The molecule has 0 radical (unpaired) electrons. The fourth-order valence-corrected chi connectivity index (χ4v) is 2.24. The van der Waals surface area contributed by atoms with E-state index in [1.165, 1.54) is 6.92 Å². The van der Waals surface area contributed by atoms with Crippen molar-refractivity contribution in [2.24, 2.45) is 0 Å². The van der Waals surface area contributed by atoms with Crippen LogP contribution >= 0.6 is 0 Å². The van der Waals surface area contributed by atoms with Crippen molar-refractivity contribution in [2.45, 2.75) is 39.4 Å². The molecule has 2 rings (SSSR count). The molecule has 0 amide bonds. The first-order chi connectivity index (χ1) is 9.39. The summed E-state index contributed by atoms with van der Waals surface area (Å²) in [5.74, 6) is -0.477. The van der Waals surface area contributed by atoms with Crippen molar-refractivity contribution in [3.05, 3.63) is 41.4 Å². The molecule has 106 valence electrons. The summed E-state index contributed by atoms with van der Waals surface area (Å²) in [6.07, 6.45) is 1.42. The topological polar surface area (TPSA) is 65.5 Å². The van der Waals surface area contributed by atoms with Crippen LogP contribution in [-0.2, 0) is 24.7 Å². The second-order valence-electron chi connectivity index (χ2n) is 4.94. The molecule has 0 bridgehead atoms. The molecule has 1 aromatic rings. The van der Waals surface area contributed by atoms with Gasteiger partial charge in [0, 0.05) is 18.7 Å². The monoisotopic (exact) mass is 275 g/mol. The van der Waals surface area contributed by atoms with Crippen LogP contribution in [0.1, 0.15) is 33.4 Å². The fourth-order valence-electron chi connectivity index (χ4n) is 2.24. The molecule has 0 fully saturated rings. The highest BCUT2D eigenvalue weighted by Crippen LogP contribution is 2.46. The SMILES string of the molecule is CC(=O)OC1(c2ccccn2)C(=O)C(C)=C1OC(C)C. The first kappa shape index (κ1) is 14.2. The zero-order valence-electron chi connectivity index (χ0n) is 12.0. The molecule has 5 nitrogen and oxygen atoms in total. The molecule has 1 aliphatic carbocycles. The number of hydrogen-bond donors (Lipinski definition) is 0. The maximum atomic E-state index is 12.4. The van der Waals surface area contributed by atoms with Crippen molar-refractivity contribution in [2.75, 3.05) is 0 Å². The molecule has 1 heterocycles. The van der Waals surface area contributed by atoms with E-state index in [1.807, 2.05) is 13.8 Å². The number of esters is 1. The summed E-state index contributed by atoms with van der Waals surface area (Å²) in [6.45, 7) is 6.61. The molecule has 0 spiro atoms. The van der Waals surface area contributed by atoms with E-state index in [-0.39, 0.29) is 11.9 Å². The van der Waals surface area contributed by atoms with E-state index in [1.54, 1.807) is 31.3 Å². The lowest BCUT2D eigenvalue weighted by atomic mass is 9.75. The minimum Gasteiger partial charge on any atom is -0.490 e. The molecular formula is C15H17NO4. The summed E-state index contributed by atoms with van der Waals surface area (Å²) >= 11 is 0. The van der Waals surface area contributed by atoms with Crippen LogP contribution in [0.25, 0.3) is 0 Å². The van der Waals surface area contributed by atoms with Gasteiger partial charge in [0.25, 0.3) is 5.60 Å². The predicted molar refractivity (Wildman–Crippen MR) is 71.6 cm³/mol. The van der Waals surface area contributed by atoms with E-state index in [0.717, 1.165) is 0 Å². The van der Waals surface area contributed by atoms with E-state index in [2.05, 4.69) is 4.98 Å². The second-order valence-corrected chi connectivity index (χ2v) is 4.94. The predicted octanol–water partition coefficient (Wildman–Crippen LogP) is 2.12. The maximum Gasteiger partial charge on any atom is 0.304 e. The zero-order chi connectivity index (χ0) is 14.9. The van der Waals surface area contributed by atoms with Crippen LogP contribution in [0.4, 0.5) is 0 Å². The van der Waals surface area contributed by atoms with E-state index in [4.69, 9.17) is 9.47 Å². The number of aromatic nitrogens is 1. The molecule has 0 aromatic carbocycles. The molecule has 1 atom stereocenters. The number of nitrogens with zero attached hydrogens (tertiary/aromatic N) is 1. The van der Waals surface area contributed by atoms with Gasteiger partial charge in [-0.15, -0.1) is 0 Å². The van der Waals surface area contributed by atoms with Crippen molar-refractivity contribution in [3.8, 4) is 0 Å². The third-order valence-corrected chi connectivity index (χ3v) is 3.00. The van der Waals surface area contributed by atoms with Gasteiger partial charge in [0.2, 0.25) is 5.78 Å². The lowest BCUT2D eigenvalue weighted by Gasteiger charge is -2.41. The van der Waals surface area contributed by atoms with Gasteiger partial charge >= 0.3 is 5.97 Å². The molecule has 20 heavy (non-hydrogen) atoms. The Morgan fingerprint density at radius 3 is 2.55 bits per heavy atom. The third kappa shape index (κ3) is 2.09. The normalized spacial score (nSPS) is 21.8. The Labute approximate surface area is 117 Å². The van der Waals surface area contributed by atoms with Crippen LogP contribution in [0.5, 0.6) is 0 Å². The van der Waals surface area contributed by atoms with Crippen molar-refractivity contribution in [1.82, 2.24) is 4.98 Å². The number of ketones is 1.